The average Bonchev–Trinajstić information content (AvgIpc) is 2.19. The molecule has 0 aliphatic carbocycles. The number of hydrogen-bond acceptors (Lipinski definition) is 3. The molecule has 1 saturated heterocycles. The van der Waals surface area contributed by atoms with Gasteiger partial charge in [0.25, 0.3) is 0 Å². The molecule has 1 aliphatic heterocycles. The van der Waals surface area contributed by atoms with Gasteiger partial charge < -0.3 is 10.6 Å². The fourth-order valence-corrected chi connectivity index (χ4v) is 1.92. The molecule has 16 heavy (non-hydrogen) atoms. The van der Waals surface area contributed by atoms with Gasteiger partial charge in [-0.1, -0.05) is 13.8 Å². The third-order valence-electron chi connectivity index (χ3n) is 3.63. The minimum atomic E-state index is -0.362. The van der Waals surface area contributed by atoms with E-state index in [1.807, 2.05) is 18.7 Å². The number of carbonyl (C=O) groups is 1. The van der Waals surface area contributed by atoms with Crippen molar-refractivity contribution in [2.45, 2.75) is 39.3 Å². The molecule has 1 atom stereocenters. The van der Waals surface area contributed by atoms with Gasteiger partial charge in [-0.3, -0.25) is 9.69 Å². The molecule has 0 aromatic rings. The summed E-state index contributed by atoms with van der Waals surface area (Å²) in [6.45, 7) is 10.8. The number of likely N-dealkylation sites (N-methyl/N-ethyl adjacent to an activating group) is 1. The number of rotatable bonds is 2. The van der Waals surface area contributed by atoms with Gasteiger partial charge in [-0.25, -0.2) is 0 Å². The molecule has 0 saturated carbocycles. The van der Waals surface area contributed by atoms with E-state index >= 15 is 0 Å². The van der Waals surface area contributed by atoms with Crippen LogP contribution in [0.2, 0.25) is 0 Å². The van der Waals surface area contributed by atoms with Crippen molar-refractivity contribution in [3.8, 4) is 0 Å². The first-order valence-electron chi connectivity index (χ1n) is 6.01. The van der Waals surface area contributed by atoms with Crippen LogP contribution in [-0.4, -0.2) is 54.0 Å². The Morgan fingerprint density at radius 2 is 1.88 bits per heavy atom. The molecule has 1 fully saturated rings. The fraction of sp³-hybridized carbons (Fsp3) is 0.917. The lowest BCUT2D eigenvalue weighted by Crippen LogP contribution is -2.61. The predicted octanol–water partition coefficient (Wildman–Crippen LogP) is 0.522. The van der Waals surface area contributed by atoms with Crippen LogP contribution in [0, 0.1) is 5.92 Å². The summed E-state index contributed by atoms with van der Waals surface area (Å²) in [6.07, 6.45) is 0. The summed E-state index contributed by atoms with van der Waals surface area (Å²) in [7, 11) is 2.10. The first-order chi connectivity index (χ1) is 7.25. The quantitative estimate of drug-likeness (QED) is 0.748. The van der Waals surface area contributed by atoms with Gasteiger partial charge in [0.1, 0.15) is 0 Å². The predicted molar refractivity (Wildman–Crippen MR) is 66.1 cm³/mol. The molecule has 1 heterocycles. The summed E-state index contributed by atoms with van der Waals surface area (Å²) in [5.41, 5.74) is 5.96. The first-order valence-corrected chi connectivity index (χ1v) is 6.01. The summed E-state index contributed by atoms with van der Waals surface area (Å²) < 4.78 is 0. The van der Waals surface area contributed by atoms with Crippen LogP contribution in [-0.2, 0) is 4.79 Å². The normalized spacial score (nSPS) is 23.6. The monoisotopic (exact) mass is 227 g/mol. The SMILES string of the molecule is CC(C)[C@H](N)C(=O)N1CCN(C)C(C)(C)C1. The van der Waals surface area contributed by atoms with Crippen LogP contribution in [0.1, 0.15) is 27.7 Å². The van der Waals surface area contributed by atoms with Crippen LogP contribution >= 0.6 is 0 Å². The summed E-state index contributed by atoms with van der Waals surface area (Å²) in [4.78, 5) is 16.3. The lowest BCUT2D eigenvalue weighted by molar-refractivity contribution is -0.138. The molecule has 0 bridgehead atoms. The maximum absolute atomic E-state index is 12.1. The highest BCUT2D eigenvalue weighted by Gasteiger charge is 2.35. The summed E-state index contributed by atoms with van der Waals surface area (Å²) in [5.74, 6) is 0.298. The molecule has 1 amide bonds. The fourth-order valence-electron chi connectivity index (χ4n) is 1.92. The van der Waals surface area contributed by atoms with Crippen molar-refractivity contribution in [2.75, 3.05) is 26.7 Å². The summed E-state index contributed by atoms with van der Waals surface area (Å²) >= 11 is 0. The second kappa shape index (κ2) is 4.72. The molecular formula is C12H25N3O. The van der Waals surface area contributed by atoms with Gasteiger partial charge in [-0.05, 0) is 26.8 Å². The van der Waals surface area contributed by atoms with Gasteiger partial charge in [0.05, 0.1) is 6.04 Å². The topological polar surface area (TPSA) is 49.6 Å². The molecular weight excluding hydrogens is 202 g/mol. The number of hydrogen-bond donors (Lipinski definition) is 1. The van der Waals surface area contributed by atoms with Crippen LogP contribution in [0.5, 0.6) is 0 Å². The maximum Gasteiger partial charge on any atom is 0.239 e. The highest BCUT2D eigenvalue weighted by Crippen LogP contribution is 2.19. The highest BCUT2D eigenvalue weighted by molar-refractivity contribution is 5.82. The van der Waals surface area contributed by atoms with Crippen molar-refractivity contribution >= 4 is 5.91 Å². The molecule has 0 aromatic carbocycles. The minimum Gasteiger partial charge on any atom is -0.338 e. The van der Waals surface area contributed by atoms with E-state index in [2.05, 4.69) is 25.8 Å². The molecule has 4 nitrogen and oxygen atoms in total. The van der Waals surface area contributed by atoms with Crippen LogP contribution in [0.3, 0.4) is 0 Å². The van der Waals surface area contributed by atoms with Gasteiger partial charge in [-0.2, -0.15) is 0 Å². The van der Waals surface area contributed by atoms with Crippen molar-refractivity contribution in [2.24, 2.45) is 11.7 Å². The van der Waals surface area contributed by atoms with E-state index < -0.39 is 0 Å². The molecule has 2 N–H and O–H groups in total. The molecule has 1 rings (SSSR count). The summed E-state index contributed by atoms with van der Waals surface area (Å²) in [5, 5.41) is 0. The van der Waals surface area contributed by atoms with E-state index in [1.54, 1.807) is 0 Å². The Kier molecular flexibility index (Phi) is 3.97. The molecule has 0 unspecified atom stereocenters. The van der Waals surface area contributed by atoms with E-state index in [0.717, 1.165) is 19.6 Å². The number of piperazine rings is 1. The Morgan fingerprint density at radius 3 is 2.31 bits per heavy atom. The zero-order valence-corrected chi connectivity index (χ0v) is 11.2. The van der Waals surface area contributed by atoms with Crippen LogP contribution < -0.4 is 5.73 Å². The molecule has 94 valence electrons. The third-order valence-corrected chi connectivity index (χ3v) is 3.63. The van der Waals surface area contributed by atoms with Crippen molar-refractivity contribution in [1.29, 1.82) is 0 Å². The molecule has 0 aromatic heterocycles. The summed E-state index contributed by atoms with van der Waals surface area (Å²) in [6, 6.07) is -0.362. The van der Waals surface area contributed by atoms with Crippen molar-refractivity contribution in [1.82, 2.24) is 9.80 Å². The zero-order chi connectivity index (χ0) is 12.5. The van der Waals surface area contributed by atoms with Crippen LogP contribution in [0.25, 0.3) is 0 Å². The van der Waals surface area contributed by atoms with E-state index in [9.17, 15) is 4.79 Å². The molecule has 4 heteroatoms. The number of nitrogens with zero attached hydrogens (tertiary/aromatic N) is 2. The number of nitrogens with two attached hydrogens (primary N) is 1. The average molecular weight is 227 g/mol. The van der Waals surface area contributed by atoms with Crippen LogP contribution in [0.4, 0.5) is 0 Å². The minimum absolute atomic E-state index is 0.0462. The van der Waals surface area contributed by atoms with E-state index in [1.165, 1.54) is 0 Å². The standard InChI is InChI=1S/C12H25N3O/c1-9(2)10(13)11(16)15-7-6-14(5)12(3,4)8-15/h9-10H,6-8,13H2,1-5H3/t10-/m0/s1. The van der Waals surface area contributed by atoms with Gasteiger partial charge in [0, 0.05) is 25.2 Å². The van der Waals surface area contributed by atoms with E-state index in [-0.39, 0.29) is 23.4 Å². The first kappa shape index (κ1) is 13.5. The van der Waals surface area contributed by atoms with Gasteiger partial charge in [-0.15, -0.1) is 0 Å². The van der Waals surface area contributed by atoms with Crippen molar-refractivity contribution < 1.29 is 4.79 Å². The third kappa shape index (κ3) is 2.74. The van der Waals surface area contributed by atoms with E-state index in [4.69, 9.17) is 5.73 Å². The van der Waals surface area contributed by atoms with Gasteiger partial charge in [0.2, 0.25) is 5.91 Å². The second-order valence-electron chi connectivity index (χ2n) is 5.76. The van der Waals surface area contributed by atoms with Crippen molar-refractivity contribution in [3.63, 3.8) is 0 Å². The highest BCUT2D eigenvalue weighted by atomic mass is 16.2. The van der Waals surface area contributed by atoms with Gasteiger partial charge in [0.15, 0.2) is 0 Å². The largest absolute Gasteiger partial charge is 0.338 e. The Morgan fingerprint density at radius 1 is 1.31 bits per heavy atom. The van der Waals surface area contributed by atoms with Gasteiger partial charge >= 0.3 is 0 Å². The Hall–Kier alpha value is -0.610. The zero-order valence-electron chi connectivity index (χ0n) is 11.2. The van der Waals surface area contributed by atoms with Crippen LogP contribution in [0.15, 0.2) is 0 Å². The van der Waals surface area contributed by atoms with Crippen molar-refractivity contribution in [3.05, 3.63) is 0 Å². The molecule has 1 aliphatic rings. The number of amides is 1. The Bertz CT molecular complexity index is 263. The molecule has 0 spiro atoms. The van der Waals surface area contributed by atoms with E-state index in [0.29, 0.717) is 0 Å². The molecule has 0 radical (unpaired) electrons. The lowest BCUT2D eigenvalue weighted by Gasteiger charge is -2.46. The Balaban J connectivity index is 2.66. The number of carbonyl (C=O) groups excluding carboxylic acids is 1. The second-order valence-corrected chi connectivity index (χ2v) is 5.76. The Labute approximate surface area is 98.8 Å². The maximum atomic E-state index is 12.1. The smallest absolute Gasteiger partial charge is 0.239 e. The lowest BCUT2D eigenvalue weighted by atomic mass is 9.97.